The standard InChI is InChI=1S/C22H26N8O2.C2HF3O2/c1-15-10-24-18(12-23-15)20(32)28-6-4-22(5-7-28)21-25-13-19(17-11-26-27(3)14-17)29(21)8-9-30(22)16(2)31;3-2(4,5)1(6)7/h10-14H,4-9H2,1-3H3;(H,6,7). The Balaban J connectivity index is 0.000000448. The predicted octanol–water partition coefficient (Wildman–Crippen LogP) is 2.01. The highest BCUT2D eigenvalue weighted by atomic mass is 19.4. The Bertz CT molecular complexity index is 1370. The molecule has 12 nitrogen and oxygen atoms in total. The number of aromatic nitrogens is 6. The SMILES string of the molecule is CC(=O)N1CCn2c(-c3cnn(C)c3)cnc2C12CCN(C(=O)c1cnc(C)cn1)CC2.O=C(O)C(F)(F)F. The summed E-state index contributed by atoms with van der Waals surface area (Å²) in [5.74, 6) is -1.96. The quantitative estimate of drug-likeness (QED) is 0.513. The number of hydrogen-bond acceptors (Lipinski definition) is 7. The van der Waals surface area contributed by atoms with Crippen LogP contribution in [-0.2, 0) is 28.7 Å². The number of piperidine rings is 1. The smallest absolute Gasteiger partial charge is 0.475 e. The molecule has 1 N–H and O–H groups in total. The lowest BCUT2D eigenvalue weighted by molar-refractivity contribution is -0.192. The van der Waals surface area contributed by atoms with E-state index in [1.165, 1.54) is 6.20 Å². The molecule has 208 valence electrons. The van der Waals surface area contributed by atoms with E-state index >= 15 is 0 Å². The van der Waals surface area contributed by atoms with E-state index in [4.69, 9.17) is 14.9 Å². The summed E-state index contributed by atoms with van der Waals surface area (Å²) in [5.41, 5.74) is 2.60. The molecular formula is C24H27F3N8O4. The van der Waals surface area contributed by atoms with Gasteiger partial charge >= 0.3 is 12.1 Å². The molecule has 2 aliphatic heterocycles. The number of carbonyl (C=O) groups is 3. The molecule has 0 aliphatic carbocycles. The maximum Gasteiger partial charge on any atom is 0.490 e. The summed E-state index contributed by atoms with van der Waals surface area (Å²) in [5, 5.41) is 11.4. The number of fused-ring (bicyclic) bond motifs is 2. The van der Waals surface area contributed by atoms with Crippen LogP contribution in [0.4, 0.5) is 13.2 Å². The minimum absolute atomic E-state index is 0.0337. The number of amides is 2. The van der Waals surface area contributed by atoms with Crippen LogP contribution in [0, 0.1) is 6.92 Å². The summed E-state index contributed by atoms with van der Waals surface area (Å²) < 4.78 is 35.7. The molecule has 0 bridgehead atoms. The molecule has 5 heterocycles. The van der Waals surface area contributed by atoms with Crippen LogP contribution in [0.3, 0.4) is 0 Å². The highest BCUT2D eigenvalue weighted by Gasteiger charge is 2.49. The molecule has 0 unspecified atom stereocenters. The van der Waals surface area contributed by atoms with Crippen LogP contribution in [0.1, 0.15) is 41.8 Å². The molecule has 15 heteroatoms. The van der Waals surface area contributed by atoms with Crippen LogP contribution in [-0.4, -0.2) is 87.8 Å². The second kappa shape index (κ2) is 10.5. The number of aryl methyl sites for hydroxylation is 2. The van der Waals surface area contributed by atoms with Gasteiger partial charge in [0.05, 0.1) is 30.0 Å². The third-order valence-corrected chi connectivity index (χ3v) is 6.84. The number of hydrogen-bond donors (Lipinski definition) is 1. The second-order valence-electron chi connectivity index (χ2n) is 9.36. The Morgan fingerprint density at radius 1 is 0.974 bits per heavy atom. The zero-order valence-corrected chi connectivity index (χ0v) is 21.5. The number of halogens is 3. The van der Waals surface area contributed by atoms with Crippen LogP contribution in [0.5, 0.6) is 0 Å². The van der Waals surface area contributed by atoms with Gasteiger partial charge in [0, 0.05) is 58.1 Å². The van der Waals surface area contributed by atoms with Crippen molar-refractivity contribution in [3.8, 4) is 11.3 Å². The molecule has 3 aromatic rings. The Hall–Kier alpha value is -4.30. The molecular weight excluding hydrogens is 521 g/mol. The molecule has 0 radical (unpaired) electrons. The van der Waals surface area contributed by atoms with Crippen LogP contribution < -0.4 is 0 Å². The van der Waals surface area contributed by atoms with E-state index in [2.05, 4.69) is 19.6 Å². The minimum Gasteiger partial charge on any atom is -0.475 e. The lowest BCUT2D eigenvalue weighted by Crippen LogP contribution is -2.59. The zero-order valence-electron chi connectivity index (χ0n) is 21.5. The number of alkyl halides is 3. The molecule has 3 aromatic heterocycles. The number of rotatable bonds is 2. The average molecular weight is 549 g/mol. The monoisotopic (exact) mass is 548 g/mol. The first-order valence-electron chi connectivity index (χ1n) is 12.0. The largest absolute Gasteiger partial charge is 0.490 e. The minimum atomic E-state index is -5.08. The summed E-state index contributed by atoms with van der Waals surface area (Å²) in [6.45, 7) is 5.79. The Morgan fingerprint density at radius 2 is 1.64 bits per heavy atom. The molecule has 1 spiro atoms. The van der Waals surface area contributed by atoms with Crippen molar-refractivity contribution in [2.45, 2.75) is 44.9 Å². The van der Waals surface area contributed by atoms with Crippen molar-refractivity contribution in [2.24, 2.45) is 7.05 Å². The first kappa shape index (κ1) is 27.7. The van der Waals surface area contributed by atoms with Crippen molar-refractivity contribution >= 4 is 17.8 Å². The Labute approximate surface area is 221 Å². The Kier molecular flexibility index (Phi) is 7.44. The molecule has 5 rings (SSSR count). The predicted molar refractivity (Wildman–Crippen MR) is 129 cm³/mol. The van der Waals surface area contributed by atoms with Crippen molar-refractivity contribution in [1.82, 2.24) is 39.1 Å². The van der Waals surface area contributed by atoms with E-state index in [1.807, 2.05) is 37.5 Å². The van der Waals surface area contributed by atoms with E-state index in [9.17, 15) is 22.8 Å². The third kappa shape index (κ3) is 5.47. The number of imidazole rings is 1. The maximum atomic E-state index is 12.9. The first-order valence-corrected chi connectivity index (χ1v) is 12.0. The van der Waals surface area contributed by atoms with Gasteiger partial charge in [-0.15, -0.1) is 0 Å². The zero-order chi connectivity index (χ0) is 28.5. The average Bonchev–Trinajstić information content (AvgIpc) is 3.51. The van der Waals surface area contributed by atoms with Crippen LogP contribution >= 0.6 is 0 Å². The van der Waals surface area contributed by atoms with Crippen molar-refractivity contribution in [2.75, 3.05) is 19.6 Å². The van der Waals surface area contributed by atoms with E-state index in [1.54, 1.807) is 22.7 Å². The molecule has 0 saturated carbocycles. The van der Waals surface area contributed by atoms with Gasteiger partial charge < -0.3 is 19.5 Å². The Morgan fingerprint density at radius 3 is 2.15 bits per heavy atom. The van der Waals surface area contributed by atoms with Gasteiger partial charge in [0.25, 0.3) is 5.91 Å². The lowest BCUT2D eigenvalue weighted by Gasteiger charge is -2.50. The maximum absolute atomic E-state index is 12.9. The van der Waals surface area contributed by atoms with Gasteiger partial charge in [-0.1, -0.05) is 0 Å². The number of nitrogens with zero attached hydrogens (tertiary/aromatic N) is 8. The highest BCUT2D eigenvalue weighted by molar-refractivity contribution is 5.92. The van der Waals surface area contributed by atoms with Crippen LogP contribution in [0.15, 0.2) is 31.0 Å². The fourth-order valence-electron chi connectivity index (χ4n) is 4.99. The topological polar surface area (TPSA) is 139 Å². The van der Waals surface area contributed by atoms with E-state index in [0.29, 0.717) is 44.7 Å². The van der Waals surface area contributed by atoms with Crippen LogP contribution in [0.25, 0.3) is 11.3 Å². The van der Waals surface area contributed by atoms with Crippen molar-refractivity contribution in [3.63, 3.8) is 0 Å². The summed E-state index contributed by atoms with van der Waals surface area (Å²) in [7, 11) is 1.89. The number of carboxylic acid groups (broad SMARTS) is 1. The van der Waals surface area contributed by atoms with Gasteiger partial charge in [0.15, 0.2) is 0 Å². The van der Waals surface area contributed by atoms with E-state index in [0.717, 1.165) is 22.8 Å². The normalized spacial score (nSPS) is 16.4. The van der Waals surface area contributed by atoms with Gasteiger partial charge in [-0.3, -0.25) is 19.3 Å². The molecule has 2 amide bonds. The summed E-state index contributed by atoms with van der Waals surface area (Å²) in [4.78, 5) is 51.4. The van der Waals surface area contributed by atoms with Gasteiger partial charge in [-0.05, 0) is 19.8 Å². The molecule has 0 aromatic carbocycles. The summed E-state index contributed by atoms with van der Waals surface area (Å²) in [6.07, 6.45) is 4.97. The molecule has 2 aliphatic rings. The first-order chi connectivity index (χ1) is 18.3. The summed E-state index contributed by atoms with van der Waals surface area (Å²) >= 11 is 0. The second-order valence-corrected chi connectivity index (χ2v) is 9.36. The number of carboxylic acids is 1. The fraction of sp³-hybridized carbons (Fsp3) is 0.458. The summed E-state index contributed by atoms with van der Waals surface area (Å²) in [6, 6.07) is 0. The van der Waals surface area contributed by atoms with Crippen molar-refractivity contribution in [3.05, 3.63) is 48.2 Å². The third-order valence-electron chi connectivity index (χ3n) is 6.84. The van der Waals surface area contributed by atoms with Crippen molar-refractivity contribution in [1.29, 1.82) is 0 Å². The molecule has 1 fully saturated rings. The van der Waals surface area contributed by atoms with Gasteiger partial charge in [-0.2, -0.15) is 18.3 Å². The highest BCUT2D eigenvalue weighted by Crippen LogP contribution is 2.42. The van der Waals surface area contributed by atoms with Crippen molar-refractivity contribution < 1.29 is 32.7 Å². The van der Waals surface area contributed by atoms with Gasteiger partial charge in [-0.25, -0.2) is 14.8 Å². The lowest BCUT2D eigenvalue weighted by atomic mass is 9.83. The van der Waals surface area contributed by atoms with E-state index < -0.39 is 17.7 Å². The van der Waals surface area contributed by atoms with Gasteiger partial charge in [0.1, 0.15) is 17.1 Å². The van der Waals surface area contributed by atoms with Crippen LogP contribution in [0.2, 0.25) is 0 Å². The van der Waals surface area contributed by atoms with E-state index in [-0.39, 0.29) is 11.8 Å². The number of likely N-dealkylation sites (tertiary alicyclic amines) is 1. The number of carbonyl (C=O) groups excluding carboxylic acids is 2. The molecule has 1 saturated heterocycles. The number of aliphatic carboxylic acids is 1. The fourth-order valence-corrected chi connectivity index (χ4v) is 4.99. The van der Waals surface area contributed by atoms with Gasteiger partial charge in [0.2, 0.25) is 5.91 Å². The molecule has 39 heavy (non-hydrogen) atoms. The molecule has 0 atom stereocenters.